The SMILES string of the molecule is CC(C)COCC1CCN(c2ncnc3c(-c4ccc(S(C)(=O)=O)cc4)cc(C(C)C)cc23)CC1. The van der Waals surface area contributed by atoms with Crippen molar-refractivity contribution < 1.29 is 13.2 Å². The third kappa shape index (κ3) is 6.01. The normalized spacial score (nSPS) is 15.5. The van der Waals surface area contributed by atoms with Gasteiger partial charge < -0.3 is 9.64 Å². The number of nitrogens with zero attached hydrogens (tertiary/aromatic N) is 3. The molecule has 1 aromatic heterocycles. The molecule has 0 spiro atoms. The van der Waals surface area contributed by atoms with Crippen LogP contribution in [-0.2, 0) is 14.6 Å². The van der Waals surface area contributed by atoms with Crippen LogP contribution in [0.4, 0.5) is 5.82 Å². The van der Waals surface area contributed by atoms with Crippen LogP contribution < -0.4 is 4.90 Å². The van der Waals surface area contributed by atoms with Gasteiger partial charge >= 0.3 is 0 Å². The Kier molecular flexibility index (Phi) is 7.77. The maximum Gasteiger partial charge on any atom is 0.175 e. The summed E-state index contributed by atoms with van der Waals surface area (Å²) in [6, 6.07) is 11.5. The lowest BCUT2D eigenvalue weighted by Gasteiger charge is -2.33. The van der Waals surface area contributed by atoms with Crippen LogP contribution in [0, 0.1) is 11.8 Å². The number of rotatable bonds is 8. The largest absolute Gasteiger partial charge is 0.381 e. The van der Waals surface area contributed by atoms with Crippen molar-refractivity contribution in [2.24, 2.45) is 11.8 Å². The fourth-order valence-corrected chi connectivity index (χ4v) is 5.28. The highest BCUT2D eigenvalue weighted by atomic mass is 32.2. The number of sulfone groups is 1. The van der Waals surface area contributed by atoms with Crippen LogP contribution in [-0.4, -0.2) is 50.9 Å². The van der Waals surface area contributed by atoms with E-state index in [0.29, 0.717) is 22.6 Å². The van der Waals surface area contributed by atoms with E-state index in [2.05, 4.69) is 49.7 Å². The van der Waals surface area contributed by atoms with Gasteiger partial charge in [0.05, 0.1) is 10.4 Å². The summed E-state index contributed by atoms with van der Waals surface area (Å²) in [5.41, 5.74) is 4.07. The molecule has 3 aromatic rings. The summed E-state index contributed by atoms with van der Waals surface area (Å²) in [7, 11) is -3.24. The van der Waals surface area contributed by atoms with Crippen molar-refractivity contribution >= 4 is 26.6 Å². The van der Waals surface area contributed by atoms with Gasteiger partial charge in [-0.05, 0) is 66.0 Å². The Morgan fingerprint density at radius 2 is 1.71 bits per heavy atom. The second-order valence-electron chi connectivity index (χ2n) is 10.5. The van der Waals surface area contributed by atoms with Gasteiger partial charge in [0.25, 0.3) is 0 Å². The highest BCUT2D eigenvalue weighted by Crippen LogP contribution is 2.36. The minimum atomic E-state index is -3.24. The maximum absolute atomic E-state index is 11.9. The molecule has 1 saturated heterocycles. The molecule has 4 rings (SSSR count). The molecule has 0 saturated carbocycles. The number of ether oxygens (including phenoxy) is 1. The lowest BCUT2D eigenvalue weighted by atomic mass is 9.93. The molecule has 6 nitrogen and oxygen atoms in total. The molecular weight excluding hydrogens is 458 g/mol. The number of fused-ring (bicyclic) bond motifs is 1. The minimum Gasteiger partial charge on any atom is -0.381 e. The molecule has 35 heavy (non-hydrogen) atoms. The van der Waals surface area contributed by atoms with Crippen LogP contribution >= 0.6 is 0 Å². The van der Waals surface area contributed by atoms with Crippen molar-refractivity contribution in [1.82, 2.24) is 9.97 Å². The average molecular weight is 496 g/mol. The minimum absolute atomic E-state index is 0.320. The molecule has 0 bridgehead atoms. The van der Waals surface area contributed by atoms with Crippen molar-refractivity contribution in [3.05, 3.63) is 48.3 Å². The molecule has 0 unspecified atom stereocenters. The number of piperidine rings is 1. The van der Waals surface area contributed by atoms with Gasteiger partial charge in [-0.15, -0.1) is 0 Å². The van der Waals surface area contributed by atoms with Gasteiger partial charge in [0, 0.05) is 43.5 Å². The molecule has 188 valence electrons. The molecule has 0 radical (unpaired) electrons. The zero-order chi connectivity index (χ0) is 25.2. The van der Waals surface area contributed by atoms with E-state index in [9.17, 15) is 8.42 Å². The summed E-state index contributed by atoms with van der Waals surface area (Å²) in [4.78, 5) is 12.1. The average Bonchev–Trinajstić information content (AvgIpc) is 2.83. The smallest absolute Gasteiger partial charge is 0.175 e. The van der Waals surface area contributed by atoms with Crippen molar-refractivity contribution in [1.29, 1.82) is 0 Å². The maximum atomic E-state index is 11.9. The van der Waals surface area contributed by atoms with Gasteiger partial charge in [-0.3, -0.25) is 0 Å². The van der Waals surface area contributed by atoms with Crippen LogP contribution in [0.25, 0.3) is 22.0 Å². The lowest BCUT2D eigenvalue weighted by Crippen LogP contribution is -2.36. The molecule has 0 atom stereocenters. The molecule has 1 aliphatic heterocycles. The first-order chi connectivity index (χ1) is 16.6. The Morgan fingerprint density at radius 1 is 1.03 bits per heavy atom. The fourth-order valence-electron chi connectivity index (χ4n) is 4.65. The van der Waals surface area contributed by atoms with E-state index in [4.69, 9.17) is 9.72 Å². The van der Waals surface area contributed by atoms with Crippen molar-refractivity contribution in [3.63, 3.8) is 0 Å². The molecular formula is C28H37N3O3S. The summed E-state index contributed by atoms with van der Waals surface area (Å²) in [6.45, 7) is 12.3. The number of hydrogen-bond donors (Lipinski definition) is 0. The molecule has 0 amide bonds. The highest BCUT2D eigenvalue weighted by Gasteiger charge is 2.23. The number of benzene rings is 2. The van der Waals surface area contributed by atoms with Gasteiger partial charge in [0.1, 0.15) is 12.1 Å². The van der Waals surface area contributed by atoms with Crippen LogP contribution in [0.15, 0.2) is 47.6 Å². The predicted octanol–water partition coefficient (Wildman–Crippen LogP) is 5.71. The second-order valence-corrected chi connectivity index (χ2v) is 12.5. The van der Waals surface area contributed by atoms with Gasteiger partial charge in [0.2, 0.25) is 0 Å². The highest BCUT2D eigenvalue weighted by molar-refractivity contribution is 7.90. The first kappa shape index (κ1) is 25.6. The van der Waals surface area contributed by atoms with Gasteiger partial charge in [-0.1, -0.05) is 39.8 Å². The topological polar surface area (TPSA) is 72.4 Å². The number of anilines is 1. The summed E-state index contributed by atoms with van der Waals surface area (Å²) >= 11 is 0. The Labute approximate surface area is 209 Å². The summed E-state index contributed by atoms with van der Waals surface area (Å²) < 4.78 is 29.8. The zero-order valence-corrected chi connectivity index (χ0v) is 22.3. The quantitative estimate of drug-likeness (QED) is 0.398. The monoisotopic (exact) mass is 495 g/mol. The molecule has 0 N–H and O–H groups in total. The van der Waals surface area contributed by atoms with E-state index < -0.39 is 9.84 Å². The van der Waals surface area contributed by atoms with Crippen molar-refractivity contribution in [2.75, 3.05) is 37.5 Å². The molecule has 2 heterocycles. The van der Waals surface area contributed by atoms with E-state index in [-0.39, 0.29) is 0 Å². The number of aromatic nitrogens is 2. The molecule has 7 heteroatoms. The molecule has 2 aromatic carbocycles. The van der Waals surface area contributed by atoms with E-state index >= 15 is 0 Å². The standard InChI is InChI=1S/C28H37N3O3S/c1-19(2)16-34-17-21-10-12-31(13-11-21)28-26-15-23(20(3)4)14-25(27(26)29-18-30-28)22-6-8-24(9-7-22)35(5,32)33/h6-9,14-15,18-21H,10-13,16-17H2,1-5H3. The first-order valence-electron chi connectivity index (χ1n) is 12.5. The summed E-state index contributed by atoms with van der Waals surface area (Å²) in [5, 5.41) is 1.05. The van der Waals surface area contributed by atoms with E-state index in [1.807, 2.05) is 12.1 Å². The van der Waals surface area contributed by atoms with Crippen LogP contribution in [0.1, 0.15) is 52.0 Å². The Morgan fingerprint density at radius 3 is 2.31 bits per heavy atom. The molecule has 1 aliphatic rings. The zero-order valence-electron chi connectivity index (χ0n) is 21.5. The summed E-state index contributed by atoms with van der Waals surface area (Å²) in [5.74, 6) is 2.47. The fraction of sp³-hybridized carbons (Fsp3) is 0.500. The van der Waals surface area contributed by atoms with Gasteiger partial charge in [0.15, 0.2) is 9.84 Å². The van der Waals surface area contributed by atoms with Gasteiger partial charge in [-0.25, -0.2) is 18.4 Å². The molecule has 0 aliphatic carbocycles. The van der Waals surface area contributed by atoms with Crippen LogP contribution in [0.3, 0.4) is 0 Å². The van der Waals surface area contributed by atoms with Crippen molar-refractivity contribution in [3.8, 4) is 11.1 Å². The van der Waals surface area contributed by atoms with E-state index in [1.165, 1.54) is 11.8 Å². The summed E-state index contributed by atoms with van der Waals surface area (Å²) in [6.07, 6.45) is 5.06. The number of hydrogen-bond acceptors (Lipinski definition) is 6. The molecule has 1 fully saturated rings. The third-order valence-electron chi connectivity index (χ3n) is 6.72. The lowest BCUT2D eigenvalue weighted by molar-refractivity contribution is 0.0720. The predicted molar refractivity (Wildman–Crippen MR) is 143 cm³/mol. The Balaban J connectivity index is 1.66. The van der Waals surface area contributed by atoms with E-state index in [1.54, 1.807) is 18.5 Å². The third-order valence-corrected chi connectivity index (χ3v) is 7.85. The van der Waals surface area contributed by atoms with Crippen molar-refractivity contribution in [2.45, 2.75) is 51.3 Å². The first-order valence-corrected chi connectivity index (χ1v) is 14.4. The van der Waals surface area contributed by atoms with Crippen LogP contribution in [0.5, 0.6) is 0 Å². The van der Waals surface area contributed by atoms with Crippen LogP contribution in [0.2, 0.25) is 0 Å². The Bertz CT molecular complexity index is 1260. The second kappa shape index (κ2) is 10.6. The Hall–Kier alpha value is -2.51. The van der Waals surface area contributed by atoms with Gasteiger partial charge in [-0.2, -0.15) is 0 Å². The van der Waals surface area contributed by atoms with E-state index in [0.717, 1.165) is 67.0 Å².